The third-order valence-corrected chi connectivity index (χ3v) is 3.92. The van der Waals surface area contributed by atoms with Gasteiger partial charge in [-0.15, -0.1) is 0 Å². The first-order valence-electron chi connectivity index (χ1n) is 9.99. The molecule has 0 saturated carbocycles. The SMILES string of the molecule is CCNC(=NCc1cccc(COC(C)C)c1)NCCCOCc1ccco1. The maximum atomic E-state index is 5.68. The van der Waals surface area contributed by atoms with Gasteiger partial charge in [-0.1, -0.05) is 24.3 Å². The van der Waals surface area contributed by atoms with Crippen molar-refractivity contribution in [3.63, 3.8) is 0 Å². The Hall–Kier alpha value is -2.31. The van der Waals surface area contributed by atoms with E-state index in [4.69, 9.17) is 13.9 Å². The van der Waals surface area contributed by atoms with Crippen molar-refractivity contribution in [2.75, 3.05) is 19.7 Å². The minimum absolute atomic E-state index is 0.231. The Bertz CT molecular complexity index is 684. The van der Waals surface area contributed by atoms with Gasteiger partial charge < -0.3 is 24.5 Å². The van der Waals surface area contributed by atoms with Gasteiger partial charge in [-0.2, -0.15) is 0 Å². The number of aliphatic imine (C=N–C) groups is 1. The molecule has 0 saturated heterocycles. The Kier molecular flexibility index (Phi) is 10.2. The molecule has 2 N–H and O–H groups in total. The highest BCUT2D eigenvalue weighted by molar-refractivity contribution is 5.79. The van der Waals surface area contributed by atoms with Gasteiger partial charge in [0.15, 0.2) is 5.96 Å². The lowest BCUT2D eigenvalue weighted by molar-refractivity contribution is 0.0657. The van der Waals surface area contributed by atoms with Gasteiger partial charge in [0.1, 0.15) is 12.4 Å². The smallest absolute Gasteiger partial charge is 0.191 e. The largest absolute Gasteiger partial charge is 0.467 e. The summed E-state index contributed by atoms with van der Waals surface area (Å²) in [7, 11) is 0. The highest BCUT2D eigenvalue weighted by Gasteiger charge is 2.01. The molecule has 0 spiro atoms. The van der Waals surface area contributed by atoms with Gasteiger partial charge in [0, 0.05) is 19.7 Å². The average Bonchev–Trinajstić information content (AvgIpc) is 3.21. The summed E-state index contributed by atoms with van der Waals surface area (Å²) in [6, 6.07) is 12.2. The molecule has 1 aromatic carbocycles. The van der Waals surface area contributed by atoms with Crippen molar-refractivity contribution in [2.24, 2.45) is 4.99 Å². The van der Waals surface area contributed by atoms with Crippen molar-refractivity contribution in [3.05, 3.63) is 59.5 Å². The van der Waals surface area contributed by atoms with E-state index in [0.29, 0.717) is 26.4 Å². The van der Waals surface area contributed by atoms with E-state index in [2.05, 4.69) is 46.8 Å². The molecule has 6 heteroatoms. The normalized spacial score (nSPS) is 11.8. The van der Waals surface area contributed by atoms with Crippen molar-refractivity contribution >= 4 is 5.96 Å². The highest BCUT2D eigenvalue weighted by atomic mass is 16.5. The van der Waals surface area contributed by atoms with E-state index in [0.717, 1.165) is 31.2 Å². The van der Waals surface area contributed by atoms with Gasteiger partial charge >= 0.3 is 0 Å². The molecule has 0 atom stereocenters. The number of guanidine groups is 1. The zero-order chi connectivity index (χ0) is 20.0. The lowest BCUT2D eigenvalue weighted by Crippen LogP contribution is -2.38. The number of benzene rings is 1. The lowest BCUT2D eigenvalue weighted by atomic mass is 10.1. The minimum Gasteiger partial charge on any atom is -0.467 e. The summed E-state index contributed by atoms with van der Waals surface area (Å²) in [5.74, 6) is 1.67. The van der Waals surface area contributed by atoms with Gasteiger partial charge in [-0.25, -0.2) is 4.99 Å². The molecular formula is C22H33N3O3. The van der Waals surface area contributed by atoms with Gasteiger partial charge in [0.05, 0.1) is 25.5 Å². The predicted molar refractivity (Wildman–Crippen MR) is 112 cm³/mol. The van der Waals surface area contributed by atoms with E-state index in [1.807, 2.05) is 26.0 Å². The summed E-state index contributed by atoms with van der Waals surface area (Å²) in [5.41, 5.74) is 2.34. The van der Waals surface area contributed by atoms with Crippen molar-refractivity contribution in [3.8, 4) is 0 Å². The Balaban J connectivity index is 1.72. The van der Waals surface area contributed by atoms with Crippen LogP contribution in [0.4, 0.5) is 0 Å². The van der Waals surface area contributed by atoms with Crippen LogP contribution >= 0.6 is 0 Å². The number of hydrogen-bond acceptors (Lipinski definition) is 4. The number of hydrogen-bond donors (Lipinski definition) is 2. The van der Waals surface area contributed by atoms with Crippen LogP contribution in [0, 0.1) is 0 Å². The number of furan rings is 1. The molecule has 154 valence electrons. The second-order valence-electron chi connectivity index (χ2n) is 6.79. The first-order valence-corrected chi connectivity index (χ1v) is 9.99. The molecule has 1 heterocycles. The van der Waals surface area contributed by atoms with Crippen LogP contribution in [0.5, 0.6) is 0 Å². The molecule has 0 unspecified atom stereocenters. The number of rotatable bonds is 12. The average molecular weight is 388 g/mol. The van der Waals surface area contributed by atoms with Crippen LogP contribution in [0.3, 0.4) is 0 Å². The van der Waals surface area contributed by atoms with Gasteiger partial charge in [0.2, 0.25) is 0 Å². The van der Waals surface area contributed by atoms with Crippen molar-refractivity contribution < 1.29 is 13.9 Å². The fourth-order valence-corrected chi connectivity index (χ4v) is 2.54. The van der Waals surface area contributed by atoms with Crippen molar-refractivity contribution in [2.45, 2.75) is 53.1 Å². The van der Waals surface area contributed by atoms with Crippen LogP contribution in [0.25, 0.3) is 0 Å². The summed E-state index contributed by atoms with van der Waals surface area (Å²) in [6.07, 6.45) is 2.79. The Morgan fingerprint density at radius 3 is 2.71 bits per heavy atom. The van der Waals surface area contributed by atoms with Crippen LogP contribution < -0.4 is 10.6 Å². The first-order chi connectivity index (χ1) is 13.7. The maximum Gasteiger partial charge on any atom is 0.191 e. The Morgan fingerprint density at radius 2 is 1.96 bits per heavy atom. The predicted octanol–water partition coefficient (Wildman–Crippen LogP) is 3.87. The van der Waals surface area contributed by atoms with Crippen LogP contribution in [0.1, 0.15) is 44.1 Å². The molecule has 0 bridgehead atoms. The number of ether oxygens (including phenoxy) is 2. The quantitative estimate of drug-likeness (QED) is 0.329. The number of nitrogens with zero attached hydrogens (tertiary/aromatic N) is 1. The molecule has 0 radical (unpaired) electrons. The molecule has 6 nitrogen and oxygen atoms in total. The third-order valence-electron chi connectivity index (χ3n) is 3.92. The Morgan fingerprint density at radius 1 is 1.11 bits per heavy atom. The van der Waals surface area contributed by atoms with E-state index in [9.17, 15) is 0 Å². The lowest BCUT2D eigenvalue weighted by Gasteiger charge is -2.12. The number of nitrogens with one attached hydrogen (secondary N) is 2. The summed E-state index contributed by atoms with van der Waals surface area (Å²) in [5, 5.41) is 6.63. The molecule has 0 aliphatic heterocycles. The van der Waals surface area contributed by atoms with Crippen LogP contribution in [0.2, 0.25) is 0 Å². The van der Waals surface area contributed by atoms with Crippen molar-refractivity contribution in [1.82, 2.24) is 10.6 Å². The molecule has 0 aliphatic rings. The van der Waals surface area contributed by atoms with E-state index >= 15 is 0 Å². The highest BCUT2D eigenvalue weighted by Crippen LogP contribution is 2.09. The van der Waals surface area contributed by atoms with Crippen LogP contribution in [0.15, 0.2) is 52.1 Å². The standard InChI is InChI=1S/C22H33N3O3/c1-4-23-22(24-11-7-12-26-17-21-10-6-13-27-21)25-15-19-8-5-9-20(14-19)16-28-18(2)3/h5-6,8-10,13-14,18H,4,7,11-12,15-17H2,1-3H3,(H2,23,24,25). The molecule has 0 aliphatic carbocycles. The maximum absolute atomic E-state index is 5.68. The zero-order valence-electron chi connectivity index (χ0n) is 17.2. The van der Waals surface area contributed by atoms with E-state index in [1.165, 1.54) is 11.1 Å². The fraction of sp³-hybridized carbons (Fsp3) is 0.500. The minimum atomic E-state index is 0.231. The molecule has 0 fully saturated rings. The van der Waals surface area contributed by atoms with Gasteiger partial charge in [-0.3, -0.25) is 0 Å². The molecule has 28 heavy (non-hydrogen) atoms. The van der Waals surface area contributed by atoms with E-state index in [1.54, 1.807) is 6.26 Å². The molecule has 1 aromatic heterocycles. The monoisotopic (exact) mass is 387 g/mol. The fourth-order valence-electron chi connectivity index (χ4n) is 2.54. The van der Waals surface area contributed by atoms with E-state index < -0.39 is 0 Å². The second-order valence-corrected chi connectivity index (χ2v) is 6.79. The summed E-state index contributed by atoms with van der Waals surface area (Å²) in [6.45, 7) is 10.2. The van der Waals surface area contributed by atoms with E-state index in [-0.39, 0.29) is 6.10 Å². The van der Waals surface area contributed by atoms with Crippen LogP contribution in [-0.4, -0.2) is 31.8 Å². The molecular weight excluding hydrogens is 354 g/mol. The first kappa shape index (κ1) is 22.0. The topological polar surface area (TPSA) is 68.0 Å². The summed E-state index contributed by atoms with van der Waals surface area (Å²) in [4.78, 5) is 4.68. The van der Waals surface area contributed by atoms with Gasteiger partial charge in [0.25, 0.3) is 0 Å². The Labute approximate surface area is 168 Å². The summed E-state index contributed by atoms with van der Waals surface area (Å²) < 4.78 is 16.5. The summed E-state index contributed by atoms with van der Waals surface area (Å²) >= 11 is 0. The molecule has 2 rings (SSSR count). The zero-order valence-corrected chi connectivity index (χ0v) is 17.2. The van der Waals surface area contributed by atoms with Crippen molar-refractivity contribution in [1.29, 1.82) is 0 Å². The van der Waals surface area contributed by atoms with Crippen LogP contribution in [-0.2, 0) is 29.2 Å². The molecule has 2 aromatic rings. The second kappa shape index (κ2) is 13.0. The van der Waals surface area contributed by atoms with Gasteiger partial charge in [-0.05, 0) is 50.5 Å². The third kappa shape index (κ3) is 9.06. The molecule has 0 amide bonds.